The number of aliphatic hydroxyl groups is 4. The first-order valence-corrected chi connectivity index (χ1v) is 25.3. The molecular weight excluding hydrogens is 902 g/mol. The Morgan fingerprint density at radius 3 is 1.28 bits per heavy atom. The smallest absolute Gasteiger partial charge is 0.336 e. The van der Waals surface area contributed by atoms with Crippen LogP contribution < -0.4 is 10.00 Å². The predicted molar refractivity (Wildman–Crippen MR) is 229 cm³/mol. The fraction of sp³-hybridized carbons (Fsp3) is 0.976. The van der Waals surface area contributed by atoms with E-state index in [1.807, 2.05) is 83.1 Å². The number of phosphoric ester groups is 1. The molecule has 0 aromatic heterocycles. The van der Waals surface area contributed by atoms with Crippen LogP contribution in [-0.2, 0) is 69.9 Å². The molecule has 4 heterocycles. The van der Waals surface area contributed by atoms with Gasteiger partial charge in [-0.1, -0.05) is 0 Å². The molecule has 23 heteroatoms. The minimum absolute atomic E-state index is 0.0256. The zero-order chi connectivity index (χ0) is 49.8. The Balaban J connectivity index is 0.000000347. The number of rotatable bonds is 18. The highest BCUT2D eigenvalue weighted by atomic mass is 31.2. The summed E-state index contributed by atoms with van der Waals surface area (Å²) in [6.07, 6.45) is -14.8. The van der Waals surface area contributed by atoms with Crippen molar-refractivity contribution in [3.63, 3.8) is 0 Å². The van der Waals surface area contributed by atoms with Crippen LogP contribution in [0.5, 0.6) is 0 Å². The maximum absolute atomic E-state index is 13.5. The van der Waals surface area contributed by atoms with Crippen LogP contribution in [0.15, 0.2) is 0 Å². The quantitative estimate of drug-likeness (QED) is 0.142. The summed E-state index contributed by atoms with van der Waals surface area (Å²) in [5.41, 5.74) is -2.11. The van der Waals surface area contributed by atoms with E-state index in [2.05, 4.69) is 0 Å². The number of ether oxygens (including phenoxy) is 8. The molecule has 0 spiro atoms. The molecule has 18 atom stereocenters. The van der Waals surface area contributed by atoms with Gasteiger partial charge in [-0.2, -0.15) is 0 Å². The molecule has 0 bridgehead atoms. The zero-order valence-corrected chi connectivity index (χ0v) is 42.7. The number of hydrogen-bond acceptors (Lipinski definition) is 21. The summed E-state index contributed by atoms with van der Waals surface area (Å²) in [5.74, 6) is -1.64. The van der Waals surface area contributed by atoms with Crippen LogP contribution in [-0.4, -0.2) is 179 Å². The van der Waals surface area contributed by atoms with Crippen LogP contribution in [0.2, 0.25) is 0 Å². The number of aliphatic carboxylic acids is 1. The molecular formula is C42H78O21P2-2. The second-order valence-corrected chi connectivity index (χ2v) is 24.4. The molecule has 0 radical (unpaired) electrons. The van der Waals surface area contributed by atoms with Crippen LogP contribution in [0.3, 0.4) is 0 Å². The lowest BCUT2D eigenvalue weighted by atomic mass is 10.1. The van der Waals surface area contributed by atoms with Gasteiger partial charge in [-0.25, -0.2) is 0 Å². The molecule has 4 rings (SSSR count). The van der Waals surface area contributed by atoms with Gasteiger partial charge in [-0.3, -0.25) is 13.7 Å². The molecule has 4 aliphatic heterocycles. The first kappa shape index (κ1) is 58.6. The van der Waals surface area contributed by atoms with Gasteiger partial charge in [0.25, 0.3) is 7.82 Å². The van der Waals surface area contributed by atoms with Gasteiger partial charge in [-0.15, -0.1) is 0 Å². The summed E-state index contributed by atoms with van der Waals surface area (Å²) in [5, 5.41) is 53.2. The Labute approximate surface area is 384 Å². The van der Waals surface area contributed by atoms with E-state index in [0.717, 1.165) is 0 Å². The molecule has 0 aromatic carbocycles. The predicted octanol–water partition coefficient (Wildman–Crippen LogP) is 1.78. The Morgan fingerprint density at radius 2 is 0.877 bits per heavy atom. The number of carbonyl (C=O) groups excluding carboxylic acids is 1. The van der Waals surface area contributed by atoms with E-state index in [1.165, 1.54) is 0 Å². The average Bonchev–Trinajstić information content (AvgIpc) is 3.75. The number of carboxylic acid groups (broad SMARTS) is 1. The lowest BCUT2D eigenvalue weighted by molar-refractivity contribution is -0.301. The molecule has 4 saturated heterocycles. The van der Waals surface area contributed by atoms with Crippen LogP contribution >= 0.6 is 15.4 Å². The van der Waals surface area contributed by atoms with E-state index in [1.54, 1.807) is 27.7 Å². The van der Waals surface area contributed by atoms with Gasteiger partial charge in [0, 0.05) is 0 Å². The van der Waals surface area contributed by atoms with Crippen molar-refractivity contribution in [2.24, 2.45) is 0 Å². The van der Waals surface area contributed by atoms with Gasteiger partial charge in [0.2, 0.25) is 0 Å². The molecule has 0 amide bonds. The summed E-state index contributed by atoms with van der Waals surface area (Å²) in [6, 6.07) is 0. The van der Waals surface area contributed by atoms with E-state index in [9.17, 15) is 44.4 Å². The minimum atomic E-state index is -4.81. The number of carboxylic acids is 1. The monoisotopic (exact) mass is 980 g/mol. The lowest BCUT2D eigenvalue weighted by Gasteiger charge is -2.32. The van der Waals surface area contributed by atoms with Crippen molar-refractivity contribution < 1.29 is 100 Å². The maximum Gasteiger partial charge on any atom is 0.336 e. The Hall–Kier alpha value is -0.750. The van der Waals surface area contributed by atoms with Crippen molar-refractivity contribution in [2.75, 3.05) is 32.6 Å². The second-order valence-electron chi connectivity index (χ2n) is 21.0. The van der Waals surface area contributed by atoms with Gasteiger partial charge < -0.3 is 86.7 Å². The highest BCUT2D eigenvalue weighted by molar-refractivity contribution is 7.54. The molecule has 384 valence electrons. The third-order valence-electron chi connectivity index (χ3n) is 10.3. The fourth-order valence-electron chi connectivity index (χ4n) is 7.26. The van der Waals surface area contributed by atoms with Crippen LogP contribution in [0, 0.1) is 0 Å². The Bertz CT molecular complexity index is 1590. The van der Waals surface area contributed by atoms with E-state index in [0.29, 0.717) is 0 Å². The fourth-order valence-corrected chi connectivity index (χ4v) is 9.80. The normalized spacial score (nSPS) is 37.7. The number of phosphoric acid groups is 1. The first-order chi connectivity index (χ1) is 29.4. The zero-order valence-electron chi connectivity index (χ0n) is 40.9. The molecule has 4 fully saturated rings. The van der Waals surface area contributed by atoms with Crippen molar-refractivity contribution in [3.05, 3.63) is 0 Å². The molecule has 6 unspecified atom stereocenters. The van der Waals surface area contributed by atoms with Crippen LogP contribution in [0.1, 0.15) is 111 Å². The Morgan fingerprint density at radius 1 is 0.508 bits per heavy atom. The summed E-state index contributed by atoms with van der Waals surface area (Å²) >= 11 is 0. The van der Waals surface area contributed by atoms with Gasteiger partial charge in [0.15, 0.2) is 0 Å². The summed E-state index contributed by atoms with van der Waals surface area (Å²) in [6.45, 7) is 28.0. The largest absolute Gasteiger partial charge is 0.756 e. The van der Waals surface area contributed by atoms with Crippen molar-refractivity contribution in [1.29, 1.82) is 0 Å². The molecule has 0 aliphatic carbocycles. The summed E-state index contributed by atoms with van der Waals surface area (Å²) in [7, 11) is -9.15. The van der Waals surface area contributed by atoms with Crippen LogP contribution in [0.4, 0.5) is 0 Å². The molecule has 4 N–H and O–H groups in total. The molecule has 0 saturated carbocycles. The highest BCUT2D eigenvalue weighted by Gasteiger charge is 2.50. The van der Waals surface area contributed by atoms with E-state index >= 15 is 0 Å². The van der Waals surface area contributed by atoms with Gasteiger partial charge in [0.05, 0.1) is 85.4 Å². The maximum atomic E-state index is 13.5. The molecule has 4 aliphatic rings. The number of carbonyl (C=O) groups is 1. The van der Waals surface area contributed by atoms with Crippen LogP contribution in [0.25, 0.3) is 0 Å². The lowest BCUT2D eigenvalue weighted by Crippen LogP contribution is -2.42. The molecule has 65 heavy (non-hydrogen) atoms. The minimum Gasteiger partial charge on any atom is -0.756 e. The van der Waals surface area contributed by atoms with Crippen molar-refractivity contribution in [2.45, 2.75) is 231 Å². The third kappa shape index (κ3) is 18.8. The average molecular weight is 981 g/mol. The SMILES string of the molecule is C[C@@H]1O[C@H](COP(=O)(CC(=O)[O-])OC2[C@@H](COC(C)(C)C)O[C@@H](C)[C@H]2O)C(OC(C)(C)C)[C@@H]1O.C[C@@H]1O[C@H](COP(=O)([O-])O[C@H]2C(O)[C@@H](COC(C)(C)C)O[C@H]2C)C(OC(C)(C)C)[C@@H]1O. The van der Waals surface area contributed by atoms with Gasteiger partial charge >= 0.3 is 7.60 Å². The van der Waals surface area contributed by atoms with E-state index in [4.69, 9.17) is 56.0 Å². The van der Waals surface area contributed by atoms with Crippen molar-refractivity contribution in [3.8, 4) is 0 Å². The third-order valence-corrected chi connectivity index (χ3v) is 13.0. The summed E-state index contributed by atoms with van der Waals surface area (Å²) in [4.78, 5) is 23.8. The topological polar surface area (TPSA) is 289 Å². The highest BCUT2D eigenvalue weighted by Crippen LogP contribution is 2.52. The van der Waals surface area contributed by atoms with Crippen molar-refractivity contribution in [1.82, 2.24) is 0 Å². The van der Waals surface area contributed by atoms with E-state index < -0.39 is 154 Å². The molecule has 21 nitrogen and oxygen atoms in total. The number of hydrogen-bond donors (Lipinski definition) is 4. The molecule has 0 aromatic rings. The second kappa shape index (κ2) is 23.0. The van der Waals surface area contributed by atoms with Crippen molar-refractivity contribution >= 4 is 21.4 Å². The van der Waals surface area contributed by atoms with E-state index in [-0.39, 0.29) is 19.8 Å². The Kier molecular flexibility index (Phi) is 20.7. The number of aliphatic hydroxyl groups excluding tert-OH is 4. The van der Waals surface area contributed by atoms with Gasteiger partial charge in [0.1, 0.15) is 73.2 Å². The summed E-state index contributed by atoms with van der Waals surface area (Å²) < 4.78 is 92.9. The standard InChI is InChI=1S/C22H41O11P.C20H39O10P/c1-12-17(25)19(32-22(6,7)8)15(31-12)10-29-34(27,11-16(23)24)33-20-14(9-28-21(3,4)5)30-13(2)18(20)26;1-11-15(21)18(29-20(6,7)8)14(27-11)10-26-31(23,24)30-17-12(2)28-13(16(17)22)9-25-19(3,4)5/h12-15,17-20,25-26H,9-11H2,1-8H3,(H,23,24);11-18,21-22H,9-10H2,1-8H3,(H,23,24)/p-2/t12-,13-,14+,15+,17+,18+,19?,20?,34?;11-,12-,13+,14+,15+,16?,17+,18?/m00/s1. The first-order valence-electron chi connectivity index (χ1n) is 22.1. The van der Waals surface area contributed by atoms with Gasteiger partial charge in [-0.05, 0) is 111 Å².